The number of phenols is 2. The van der Waals surface area contributed by atoms with Gasteiger partial charge in [-0.25, -0.2) is 0 Å². The Morgan fingerprint density at radius 2 is 0.930 bits per heavy atom. The first-order valence-electron chi connectivity index (χ1n) is 18.3. The van der Waals surface area contributed by atoms with Gasteiger partial charge in [0, 0.05) is 161 Å². The third-order valence-corrected chi connectivity index (χ3v) is 6.84. The van der Waals surface area contributed by atoms with Gasteiger partial charge in [0.05, 0.1) is 64.0 Å². The molecular weight excluding hydrogens is 1670 g/mol. The fourth-order valence-corrected chi connectivity index (χ4v) is 3.61. The van der Waals surface area contributed by atoms with E-state index in [0.717, 1.165) is 43.6 Å². The van der Waals surface area contributed by atoms with Gasteiger partial charge in [0.15, 0.2) is 0 Å². The first kappa shape index (κ1) is 109. The molecular formula is C48H74I3O12P2V2Y4-4. The first-order chi connectivity index (χ1) is 28.8. The van der Waals surface area contributed by atoms with E-state index in [1.165, 1.54) is 67.3 Å². The number of carbonyl (C=O) groups is 2. The molecule has 0 spiro atoms. The van der Waals surface area contributed by atoms with Gasteiger partial charge in [-0.15, -0.1) is 34.9 Å². The molecule has 0 saturated carbocycles. The predicted molar refractivity (Wildman–Crippen MR) is 306 cm³/mol. The number of aldehydes is 2. The van der Waals surface area contributed by atoms with Gasteiger partial charge >= 0.3 is 64.9 Å². The van der Waals surface area contributed by atoms with E-state index in [9.17, 15) is 9.59 Å². The number of phenolic OH excluding ortho intramolecular Hbond substituents is 2. The molecule has 0 aromatic heterocycles. The number of ether oxygens (including phenoxy) is 4. The van der Waals surface area contributed by atoms with Gasteiger partial charge in [0.2, 0.25) is 0 Å². The number of aryl methyl sites for hydroxylation is 2. The maximum absolute atomic E-state index is 10.1. The number of benzene rings is 4. The second kappa shape index (κ2) is 86.3. The van der Waals surface area contributed by atoms with Crippen LogP contribution in [0.2, 0.25) is 0 Å². The molecule has 0 bridgehead atoms. The van der Waals surface area contributed by atoms with E-state index in [-0.39, 0.29) is 203 Å². The van der Waals surface area contributed by atoms with Crippen LogP contribution in [0.15, 0.2) is 123 Å². The number of rotatable bonds is 6. The molecule has 0 aliphatic carbocycles. The van der Waals surface area contributed by atoms with Crippen molar-refractivity contribution in [2.24, 2.45) is 0 Å². The normalized spacial score (nSPS) is 9.15. The van der Waals surface area contributed by atoms with Crippen LogP contribution in [-0.4, -0.2) is 71.1 Å². The minimum Gasteiger partial charge on any atom is 0 e. The van der Waals surface area contributed by atoms with Crippen LogP contribution in [0.5, 0.6) is 11.5 Å². The van der Waals surface area contributed by atoms with Gasteiger partial charge in [0.25, 0.3) is 0 Å². The second-order valence-corrected chi connectivity index (χ2v) is 47.8. The zero-order valence-electron chi connectivity index (χ0n) is 39.5. The van der Waals surface area contributed by atoms with Crippen molar-refractivity contribution >= 4 is 102 Å². The smallest absolute Gasteiger partial charge is 0 e. The molecule has 395 valence electrons. The quantitative estimate of drug-likeness (QED) is 0.0618. The van der Waals surface area contributed by atoms with Crippen molar-refractivity contribution in [3.8, 4) is 11.5 Å². The first-order valence-corrected chi connectivity index (χ1v) is 33.0. The molecule has 5 radical (unpaired) electrons. The Hall–Kier alpha value is 2.45. The van der Waals surface area contributed by atoms with Crippen molar-refractivity contribution in [3.05, 3.63) is 170 Å². The molecule has 10 N–H and O–H groups in total. The molecule has 0 amide bonds. The van der Waals surface area contributed by atoms with Gasteiger partial charge in [-0.3, -0.25) is 0 Å². The number of hydrogen-bond donors (Lipinski definition) is 2. The molecule has 0 fully saturated rings. The Morgan fingerprint density at radius 1 is 0.620 bits per heavy atom. The molecule has 4 aromatic carbocycles. The summed E-state index contributed by atoms with van der Waals surface area (Å²) in [6.45, 7) is 17.7. The SMILES string of the molecule is C.C.C1=COCCC1.C1=COCCC1.C=COCC.C=COCC.Cc1[c-]cc(C=O)cc1.Cc1[c-]cc(P)cc1.O.O.O.O.O=Cc1c[c-]c(O)cc1.Oc1[c-]cc(P)cc1.[I][V]([I])[I].[V].[Y].[Y].[Y].[Y]. The third-order valence-electron chi connectivity index (χ3n) is 6.12. The number of aromatic hydroxyl groups is 2. The molecule has 6 rings (SSSR count). The van der Waals surface area contributed by atoms with Crippen molar-refractivity contribution < 1.29 is 215 Å². The van der Waals surface area contributed by atoms with E-state index in [0.29, 0.717) is 17.4 Å². The van der Waals surface area contributed by atoms with Crippen molar-refractivity contribution in [2.45, 2.75) is 68.2 Å². The number of halogens is 3. The molecule has 2 unspecified atom stereocenters. The summed E-state index contributed by atoms with van der Waals surface area (Å²) in [5, 5.41) is 19.6. The van der Waals surface area contributed by atoms with Crippen LogP contribution in [0, 0.1) is 38.1 Å². The second-order valence-electron chi connectivity index (χ2n) is 11.1. The minimum atomic E-state index is -0.278. The zero-order chi connectivity index (χ0) is 45.7. The average Bonchev–Trinajstić information content (AvgIpc) is 3.27. The van der Waals surface area contributed by atoms with Crippen LogP contribution in [-0.2, 0) is 173 Å². The van der Waals surface area contributed by atoms with E-state index < -0.39 is 0 Å². The van der Waals surface area contributed by atoms with Crippen LogP contribution >= 0.6 is 78.4 Å². The van der Waals surface area contributed by atoms with Gasteiger partial charge < -0.3 is 60.7 Å². The van der Waals surface area contributed by atoms with E-state index >= 15 is 0 Å². The molecule has 2 heterocycles. The molecule has 71 heavy (non-hydrogen) atoms. The Kier molecular flexibility index (Phi) is 133. The fraction of sp³-hybridized carbons (Fsp3) is 0.292. The van der Waals surface area contributed by atoms with E-state index in [1.807, 2.05) is 58.0 Å². The summed E-state index contributed by atoms with van der Waals surface area (Å²) in [7, 11) is 5.13. The Morgan fingerprint density at radius 3 is 1.08 bits per heavy atom. The Bertz CT molecular complexity index is 1500. The van der Waals surface area contributed by atoms with Crippen LogP contribution in [0.4, 0.5) is 0 Å². The molecule has 0 saturated heterocycles. The van der Waals surface area contributed by atoms with Crippen molar-refractivity contribution in [2.75, 3.05) is 26.4 Å². The van der Waals surface area contributed by atoms with Gasteiger partial charge in [-0.2, -0.15) is 102 Å². The van der Waals surface area contributed by atoms with Crippen molar-refractivity contribution in [1.29, 1.82) is 0 Å². The number of carbonyl (C=O) groups excluding carboxylic acids is 2. The van der Waals surface area contributed by atoms with E-state index in [2.05, 4.69) is 131 Å². The van der Waals surface area contributed by atoms with Crippen molar-refractivity contribution in [1.82, 2.24) is 0 Å². The summed E-state index contributed by atoms with van der Waals surface area (Å²) in [6.07, 6.45) is 16.8. The monoisotopic (exact) mass is 1740 g/mol. The van der Waals surface area contributed by atoms with Crippen LogP contribution in [0.3, 0.4) is 0 Å². The summed E-state index contributed by atoms with van der Waals surface area (Å²) in [5.41, 5.74) is 3.45. The molecule has 2 aliphatic rings. The van der Waals surface area contributed by atoms with Gasteiger partial charge in [0.1, 0.15) is 0 Å². The van der Waals surface area contributed by atoms with E-state index in [4.69, 9.17) is 19.7 Å². The Balaban J connectivity index is -0.0000000425. The van der Waals surface area contributed by atoms with Crippen LogP contribution in [0.25, 0.3) is 0 Å². The molecule has 12 nitrogen and oxygen atoms in total. The topological polar surface area (TPSA) is 238 Å². The van der Waals surface area contributed by atoms with Crippen molar-refractivity contribution in [3.63, 3.8) is 0 Å². The van der Waals surface area contributed by atoms with E-state index in [1.54, 1.807) is 42.9 Å². The molecule has 23 heteroatoms. The third kappa shape index (κ3) is 92.2. The Labute approximate surface area is 582 Å². The maximum Gasteiger partial charge on any atom is 0 e. The molecule has 2 atom stereocenters. The summed E-state index contributed by atoms with van der Waals surface area (Å²) in [6, 6.07) is 32.0. The number of hydrogen-bond acceptors (Lipinski definition) is 8. The van der Waals surface area contributed by atoms with Gasteiger partial charge in [-0.1, -0.05) is 53.0 Å². The fourth-order valence-electron chi connectivity index (χ4n) is 3.25. The summed E-state index contributed by atoms with van der Waals surface area (Å²) < 4.78 is 19.0. The predicted octanol–water partition coefficient (Wildman–Crippen LogP) is 10.2. The summed E-state index contributed by atoms with van der Waals surface area (Å²) >= 11 is 7.39. The maximum atomic E-state index is 10.1. The summed E-state index contributed by atoms with van der Waals surface area (Å²) in [4.78, 5) is 19.8. The average molecular weight is 1740 g/mol. The molecule has 4 aromatic rings. The van der Waals surface area contributed by atoms with Crippen LogP contribution in [0.1, 0.15) is 86.2 Å². The number of allylic oxidation sites excluding steroid dienone is 2. The standard InChI is InChI=1S/C8H7O.C7H5O2.C7H8P.C6H6OP.2C5H8O.2C4H8O.2CH4.3HI.4H2O.2V.4Y/c1-7-2-4-8(6-9)5-3-7;8-5-6-1-3-7(9)4-2-6;1-6-2-4-7(8)5-3-6;7-5-1-3-6(8)4-2-5;2*1-2-4-6-5-3-1;2*1-3-5-4-2;;;;;;;;;;;;;;;/h2,4-6H,1H3;1-3,5,9H;2,4-5H,8H2,1H3;1,3-4,7H,8H2;2*2,4H,1,3,5H2;2*3H,1,4H2,2H3;2*1H4;3*1H;4*1H2;;;;;;/q4*-1;;;;;;;;;;;;;;;+3;;;;/p-3. The summed E-state index contributed by atoms with van der Waals surface area (Å²) in [5.74, 6) is 0.247. The molecule has 2 aliphatic heterocycles. The zero-order valence-corrected chi connectivity index (χ0v) is 62.4. The van der Waals surface area contributed by atoms with Crippen LogP contribution < -0.4 is 10.6 Å². The van der Waals surface area contributed by atoms with Gasteiger partial charge in [-0.05, 0) is 51.7 Å². The largest absolute Gasteiger partial charge is 0 e. The minimum absolute atomic E-state index is 0.